The molecule has 1 amide bonds. The standard InChI is InChI=1S/C21H23NO5S/c23-12-15-4-1-2-5-17(15)21(26)22-9-11-28-14-16(22)8-10-27-20-7-3-6-19(25)18(20)13-24/h1-7,13,16,23,25H,8-12,14H2/t16-/m1/s1. The van der Waals surface area contributed by atoms with Gasteiger partial charge in [-0.05, 0) is 23.8 Å². The van der Waals surface area contributed by atoms with Gasteiger partial charge in [-0.3, -0.25) is 9.59 Å². The van der Waals surface area contributed by atoms with Gasteiger partial charge in [0.05, 0.1) is 18.8 Å². The van der Waals surface area contributed by atoms with Gasteiger partial charge in [-0.2, -0.15) is 11.8 Å². The van der Waals surface area contributed by atoms with Crippen molar-refractivity contribution in [1.82, 2.24) is 4.90 Å². The van der Waals surface area contributed by atoms with Gasteiger partial charge >= 0.3 is 0 Å². The zero-order valence-corrected chi connectivity index (χ0v) is 16.2. The summed E-state index contributed by atoms with van der Waals surface area (Å²) >= 11 is 1.79. The predicted molar refractivity (Wildman–Crippen MR) is 108 cm³/mol. The Morgan fingerprint density at radius 3 is 2.86 bits per heavy atom. The summed E-state index contributed by atoms with van der Waals surface area (Å²) in [4.78, 5) is 26.1. The molecule has 1 saturated heterocycles. The van der Waals surface area contributed by atoms with Crippen LogP contribution in [0.5, 0.6) is 11.5 Å². The van der Waals surface area contributed by atoms with Crippen molar-refractivity contribution < 1.29 is 24.5 Å². The van der Waals surface area contributed by atoms with Gasteiger partial charge in [0.25, 0.3) is 5.91 Å². The van der Waals surface area contributed by atoms with E-state index in [4.69, 9.17) is 4.74 Å². The highest BCUT2D eigenvalue weighted by Crippen LogP contribution is 2.27. The number of benzene rings is 2. The fraction of sp³-hybridized carbons (Fsp3) is 0.333. The minimum absolute atomic E-state index is 0.00464. The largest absolute Gasteiger partial charge is 0.507 e. The minimum atomic E-state index is -0.176. The third-order valence-electron chi connectivity index (χ3n) is 4.78. The first-order valence-electron chi connectivity index (χ1n) is 9.13. The number of carbonyl (C=O) groups is 2. The van der Waals surface area contributed by atoms with Crippen LogP contribution in [-0.2, 0) is 6.61 Å². The topological polar surface area (TPSA) is 87.1 Å². The van der Waals surface area contributed by atoms with Crippen molar-refractivity contribution in [2.75, 3.05) is 24.7 Å². The van der Waals surface area contributed by atoms with Gasteiger partial charge in [0.15, 0.2) is 6.29 Å². The normalized spacial score (nSPS) is 16.6. The number of aromatic hydroxyl groups is 1. The fourth-order valence-corrected chi connectivity index (χ4v) is 4.38. The molecule has 0 aromatic heterocycles. The van der Waals surface area contributed by atoms with E-state index in [1.54, 1.807) is 48.2 Å². The summed E-state index contributed by atoms with van der Waals surface area (Å²) in [6.07, 6.45) is 1.18. The van der Waals surface area contributed by atoms with Crippen LogP contribution in [0.2, 0.25) is 0 Å². The van der Waals surface area contributed by atoms with E-state index in [0.717, 1.165) is 11.5 Å². The molecule has 0 bridgehead atoms. The summed E-state index contributed by atoms with van der Waals surface area (Å²) in [5, 5.41) is 19.3. The number of hydrogen-bond donors (Lipinski definition) is 2. The molecule has 0 spiro atoms. The van der Waals surface area contributed by atoms with E-state index in [0.29, 0.717) is 42.7 Å². The van der Waals surface area contributed by atoms with E-state index in [1.165, 1.54) is 6.07 Å². The lowest BCUT2D eigenvalue weighted by Crippen LogP contribution is -2.47. The average molecular weight is 401 g/mol. The summed E-state index contributed by atoms with van der Waals surface area (Å²) in [5.74, 6) is 1.81. The highest BCUT2D eigenvalue weighted by atomic mass is 32.2. The molecule has 1 fully saturated rings. The number of hydrogen-bond acceptors (Lipinski definition) is 6. The molecule has 2 aromatic rings. The quantitative estimate of drug-likeness (QED) is 0.694. The monoisotopic (exact) mass is 401 g/mol. The second kappa shape index (κ2) is 9.61. The number of ether oxygens (including phenoxy) is 1. The van der Waals surface area contributed by atoms with Crippen LogP contribution in [0.15, 0.2) is 42.5 Å². The van der Waals surface area contributed by atoms with Crippen molar-refractivity contribution in [2.24, 2.45) is 0 Å². The molecule has 0 aliphatic carbocycles. The van der Waals surface area contributed by atoms with Gasteiger partial charge in [-0.15, -0.1) is 0 Å². The molecule has 148 valence electrons. The summed E-state index contributed by atoms with van der Waals surface area (Å²) in [7, 11) is 0. The number of aliphatic hydroxyl groups excluding tert-OH is 1. The Morgan fingerprint density at radius 1 is 1.25 bits per heavy atom. The SMILES string of the molecule is O=Cc1c(O)cccc1OCC[C@@H]1CSCCN1C(=O)c1ccccc1CO. The fourth-order valence-electron chi connectivity index (χ4n) is 3.26. The first-order chi connectivity index (χ1) is 13.7. The second-order valence-corrected chi connectivity index (χ2v) is 7.64. The smallest absolute Gasteiger partial charge is 0.254 e. The molecular weight excluding hydrogens is 378 g/mol. The molecule has 1 aliphatic heterocycles. The van der Waals surface area contributed by atoms with Crippen molar-refractivity contribution in [1.29, 1.82) is 0 Å². The lowest BCUT2D eigenvalue weighted by atomic mass is 10.1. The zero-order chi connectivity index (χ0) is 19.9. The molecule has 2 aromatic carbocycles. The van der Waals surface area contributed by atoms with E-state index in [9.17, 15) is 19.8 Å². The van der Waals surface area contributed by atoms with E-state index in [-0.39, 0.29) is 29.9 Å². The average Bonchev–Trinajstić information content (AvgIpc) is 2.73. The maximum absolute atomic E-state index is 13.1. The number of nitrogens with zero attached hydrogens (tertiary/aromatic N) is 1. The van der Waals surface area contributed by atoms with Gasteiger partial charge in [0, 0.05) is 36.1 Å². The summed E-state index contributed by atoms with van der Waals surface area (Å²) in [6.45, 7) is 0.783. The summed E-state index contributed by atoms with van der Waals surface area (Å²) < 4.78 is 5.71. The van der Waals surface area contributed by atoms with Crippen LogP contribution in [0.25, 0.3) is 0 Å². The number of phenols is 1. The van der Waals surface area contributed by atoms with Crippen molar-refractivity contribution >= 4 is 24.0 Å². The molecule has 1 atom stereocenters. The van der Waals surface area contributed by atoms with Crippen LogP contribution in [0.4, 0.5) is 0 Å². The number of thioether (sulfide) groups is 1. The Hall–Kier alpha value is -2.51. The van der Waals surface area contributed by atoms with Crippen LogP contribution >= 0.6 is 11.8 Å². The number of rotatable bonds is 7. The van der Waals surface area contributed by atoms with Crippen LogP contribution < -0.4 is 4.74 Å². The van der Waals surface area contributed by atoms with Gasteiger partial charge in [-0.25, -0.2) is 0 Å². The highest BCUT2D eigenvalue weighted by molar-refractivity contribution is 7.99. The Bertz CT molecular complexity index is 841. The van der Waals surface area contributed by atoms with E-state index in [1.807, 2.05) is 4.90 Å². The van der Waals surface area contributed by atoms with Crippen molar-refractivity contribution in [2.45, 2.75) is 19.1 Å². The summed E-state index contributed by atoms with van der Waals surface area (Å²) in [5.41, 5.74) is 1.28. The number of carbonyl (C=O) groups excluding carboxylic acids is 2. The van der Waals surface area contributed by atoms with Gasteiger partial charge in [-0.1, -0.05) is 24.3 Å². The molecule has 7 heteroatoms. The summed E-state index contributed by atoms with van der Waals surface area (Å²) in [6, 6.07) is 11.8. The maximum atomic E-state index is 13.1. The highest BCUT2D eigenvalue weighted by Gasteiger charge is 2.28. The number of aldehydes is 1. The number of phenolic OH excluding ortho intramolecular Hbond substituents is 1. The Balaban J connectivity index is 1.68. The number of amides is 1. The Labute approximate surface area is 168 Å². The molecule has 1 aliphatic rings. The molecule has 2 N–H and O–H groups in total. The molecule has 0 saturated carbocycles. The van der Waals surface area contributed by atoms with Crippen LogP contribution in [-0.4, -0.2) is 58.0 Å². The van der Waals surface area contributed by atoms with Crippen molar-refractivity contribution in [3.05, 3.63) is 59.2 Å². The van der Waals surface area contributed by atoms with Crippen molar-refractivity contribution in [3.8, 4) is 11.5 Å². The first-order valence-corrected chi connectivity index (χ1v) is 10.3. The van der Waals surface area contributed by atoms with Gasteiger partial charge in [0.1, 0.15) is 11.5 Å². The number of aliphatic hydroxyl groups is 1. The minimum Gasteiger partial charge on any atom is -0.507 e. The zero-order valence-electron chi connectivity index (χ0n) is 15.4. The lowest BCUT2D eigenvalue weighted by Gasteiger charge is -2.36. The van der Waals surface area contributed by atoms with E-state index < -0.39 is 0 Å². The molecular formula is C21H23NO5S. The Morgan fingerprint density at radius 2 is 2.07 bits per heavy atom. The lowest BCUT2D eigenvalue weighted by molar-refractivity contribution is 0.0678. The molecule has 3 rings (SSSR count). The Kier molecular flexibility index (Phi) is 6.95. The molecule has 0 radical (unpaired) electrons. The first kappa shape index (κ1) is 20.2. The van der Waals surface area contributed by atoms with E-state index >= 15 is 0 Å². The van der Waals surface area contributed by atoms with Crippen LogP contribution in [0.3, 0.4) is 0 Å². The molecule has 0 unspecified atom stereocenters. The maximum Gasteiger partial charge on any atom is 0.254 e. The van der Waals surface area contributed by atoms with Gasteiger partial charge in [0.2, 0.25) is 0 Å². The van der Waals surface area contributed by atoms with Crippen molar-refractivity contribution in [3.63, 3.8) is 0 Å². The second-order valence-electron chi connectivity index (χ2n) is 6.49. The molecule has 1 heterocycles. The third-order valence-corrected chi connectivity index (χ3v) is 5.87. The molecule has 6 nitrogen and oxygen atoms in total. The molecule has 28 heavy (non-hydrogen) atoms. The van der Waals surface area contributed by atoms with E-state index in [2.05, 4.69) is 0 Å². The van der Waals surface area contributed by atoms with Crippen LogP contribution in [0, 0.1) is 0 Å². The third kappa shape index (κ3) is 4.48. The predicted octanol–water partition coefficient (Wildman–Crippen LogP) is 2.72. The van der Waals surface area contributed by atoms with Gasteiger partial charge < -0.3 is 19.8 Å². The van der Waals surface area contributed by atoms with Crippen LogP contribution in [0.1, 0.15) is 32.7 Å².